The van der Waals surface area contributed by atoms with Gasteiger partial charge >= 0.3 is 6.18 Å². The summed E-state index contributed by atoms with van der Waals surface area (Å²) in [5.74, 6) is -0.502. The number of piperidine rings is 2. The Morgan fingerprint density at radius 3 is 2.50 bits per heavy atom. The van der Waals surface area contributed by atoms with E-state index in [1.54, 1.807) is 6.07 Å². The molecule has 0 aromatic carbocycles. The van der Waals surface area contributed by atoms with Crippen molar-refractivity contribution in [1.29, 1.82) is 0 Å². The fourth-order valence-corrected chi connectivity index (χ4v) is 4.14. The molecule has 2 aliphatic rings. The fourth-order valence-electron chi connectivity index (χ4n) is 4.14. The first-order valence-corrected chi connectivity index (χ1v) is 9.69. The van der Waals surface area contributed by atoms with Crippen LogP contribution in [0.15, 0.2) is 12.1 Å². The van der Waals surface area contributed by atoms with Gasteiger partial charge in [-0.2, -0.15) is 17.7 Å². The average molecular weight is 396 g/mol. The molecular weight excluding hydrogens is 373 g/mol. The van der Waals surface area contributed by atoms with Crippen LogP contribution in [0, 0.1) is 5.92 Å². The van der Waals surface area contributed by atoms with Crippen LogP contribution in [0.3, 0.4) is 0 Å². The maximum absolute atomic E-state index is 13.1. The maximum atomic E-state index is 13.1. The van der Waals surface area contributed by atoms with Gasteiger partial charge in [0.25, 0.3) is 5.82 Å². The van der Waals surface area contributed by atoms with Crippen LogP contribution >= 0.6 is 0 Å². The number of aromatic nitrogens is 4. The molecule has 0 spiro atoms. The Morgan fingerprint density at radius 1 is 1.07 bits per heavy atom. The van der Waals surface area contributed by atoms with Crippen LogP contribution in [0.5, 0.6) is 0 Å². The zero-order chi connectivity index (χ0) is 19.9. The Kier molecular flexibility index (Phi) is 4.88. The highest BCUT2D eigenvalue weighted by molar-refractivity contribution is 5.79. The highest BCUT2D eigenvalue weighted by Crippen LogP contribution is 2.29. The van der Waals surface area contributed by atoms with Crippen LogP contribution in [0.25, 0.3) is 5.65 Å². The van der Waals surface area contributed by atoms with E-state index in [0.29, 0.717) is 31.7 Å². The van der Waals surface area contributed by atoms with E-state index in [1.165, 1.54) is 12.5 Å². The third-order valence-electron chi connectivity index (χ3n) is 5.76. The maximum Gasteiger partial charge on any atom is 0.453 e. The second-order valence-electron chi connectivity index (χ2n) is 7.62. The number of likely N-dealkylation sites (tertiary alicyclic amines) is 1. The third-order valence-corrected chi connectivity index (χ3v) is 5.76. The predicted molar refractivity (Wildman–Crippen MR) is 95.7 cm³/mol. The number of nitrogens with zero attached hydrogens (tertiary/aromatic N) is 6. The number of anilines is 1. The molecule has 2 aromatic heterocycles. The molecule has 0 unspecified atom stereocenters. The zero-order valence-electron chi connectivity index (χ0n) is 15.7. The Balaban J connectivity index is 1.45. The molecule has 0 aliphatic carbocycles. The van der Waals surface area contributed by atoms with E-state index in [1.807, 2.05) is 9.80 Å². The minimum Gasteiger partial charge on any atom is -0.355 e. The van der Waals surface area contributed by atoms with Crippen LogP contribution in [-0.2, 0) is 11.0 Å². The SMILES string of the molecule is C[C@H]1CCCCN1C(=O)C1CCN(c2ccc3nnc(C(F)(F)F)n3n2)CC1. The summed E-state index contributed by atoms with van der Waals surface area (Å²) in [7, 11) is 0. The summed E-state index contributed by atoms with van der Waals surface area (Å²) in [6.07, 6.45) is 0.0106. The minimum absolute atomic E-state index is 0.0267. The lowest BCUT2D eigenvalue weighted by molar-refractivity contribution is -0.146. The highest BCUT2D eigenvalue weighted by atomic mass is 19.4. The first kappa shape index (κ1) is 18.9. The molecule has 4 heterocycles. The second-order valence-corrected chi connectivity index (χ2v) is 7.62. The lowest BCUT2D eigenvalue weighted by Gasteiger charge is -2.39. The molecule has 0 radical (unpaired) electrons. The monoisotopic (exact) mass is 396 g/mol. The van der Waals surface area contributed by atoms with E-state index in [4.69, 9.17) is 0 Å². The van der Waals surface area contributed by atoms with Gasteiger partial charge in [-0.25, -0.2) is 0 Å². The van der Waals surface area contributed by atoms with E-state index >= 15 is 0 Å². The largest absolute Gasteiger partial charge is 0.453 e. The number of amides is 1. The van der Waals surface area contributed by atoms with Crippen molar-refractivity contribution in [1.82, 2.24) is 24.7 Å². The standard InChI is InChI=1S/C18H23F3N6O/c1-12-4-2-3-9-26(12)16(28)13-7-10-25(11-8-13)15-6-5-14-22-23-17(18(19,20)21)27(14)24-15/h5-6,12-13H,2-4,7-11H2,1H3/t12-/m0/s1. The predicted octanol–water partition coefficient (Wildman–Crippen LogP) is 2.76. The molecule has 2 aromatic rings. The normalized spacial score (nSPS) is 22.1. The lowest BCUT2D eigenvalue weighted by Crippen LogP contribution is -2.48. The topological polar surface area (TPSA) is 66.6 Å². The molecule has 2 aliphatic heterocycles. The van der Waals surface area contributed by atoms with Crippen LogP contribution in [-0.4, -0.2) is 56.3 Å². The van der Waals surface area contributed by atoms with E-state index in [0.717, 1.165) is 23.9 Å². The van der Waals surface area contributed by atoms with Crippen molar-refractivity contribution in [3.8, 4) is 0 Å². The van der Waals surface area contributed by atoms with Crippen molar-refractivity contribution in [3.63, 3.8) is 0 Å². The van der Waals surface area contributed by atoms with Crippen LogP contribution < -0.4 is 4.90 Å². The van der Waals surface area contributed by atoms with Gasteiger partial charge in [0.1, 0.15) is 5.82 Å². The fraction of sp³-hybridized carbons (Fsp3) is 0.667. The number of carbonyl (C=O) groups excluding carboxylic acids is 1. The summed E-state index contributed by atoms with van der Waals surface area (Å²) >= 11 is 0. The van der Waals surface area contributed by atoms with Gasteiger partial charge in [0, 0.05) is 31.6 Å². The molecule has 10 heteroatoms. The smallest absolute Gasteiger partial charge is 0.355 e. The molecular formula is C18H23F3N6O. The molecule has 1 amide bonds. The molecule has 0 N–H and O–H groups in total. The Morgan fingerprint density at radius 2 is 1.82 bits per heavy atom. The van der Waals surface area contributed by atoms with Gasteiger partial charge in [-0.05, 0) is 51.2 Å². The van der Waals surface area contributed by atoms with Crippen LogP contribution in [0.4, 0.5) is 19.0 Å². The molecule has 28 heavy (non-hydrogen) atoms. The first-order chi connectivity index (χ1) is 13.3. The molecule has 1 atom stereocenters. The molecule has 7 nitrogen and oxygen atoms in total. The first-order valence-electron chi connectivity index (χ1n) is 9.69. The van der Waals surface area contributed by atoms with E-state index in [2.05, 4.69) is 22.2 Å². The number of fused-ring (bicyclic) bond motifs is 1. The van der Waals surface area contributed by atoms with Gasteiger partial charge in [-0.1, -0.05) is 0 Å². The zero-order valence-corrected chi connectivity index (χ0v) is 15.7. The van der Waals surface area contributed by atoms with Crippen molar-refractivity contribution in [3.05, 3.63) is 18.0 Å². The Hall–Kier alpha value is -2.39. The van der Waals surface area contributed by atoms with Gasteiger partial charge in [0.15, 0.2) is 5.65 Å². The van der Waals surface area contributed by atoms with E-state index in [-0.39, 0.29) is 23.5 Å². The van der Waals surface area contributed by atoms with Crippen molar-refractivity contribution in [2.45, 2.75) is 51.2 Å². The molecule has 2 fully saturated rings. The molecule has 152 valence electrons. The van der Waals surface area contributed by atoms with Gasteiger partial charge in [0.2, 0.25) is 5.91 Å². The van der Waals surface area contributed by atoms with Gasteiger partial charge < -0.3 is 9.80 Å². The van der Waals surface area contributed by atoms with Gasteiger partial charge in [0.05, 0.1) is 0 Å². The molecule has 2 saturated heterocycles. The van der Waals surface area contributed by atoms with Crippen LogP contribution in [0.2, 0.25) is 0 Å². The average Bonchev–Trinajstić information content (AvgIpc) is 3.12. The number of alkyl halides is 3. The number of hydrogen-bond donors (Lipinski definition) is 0. The third kappa shape index (κ3) is 3.51. The van der Waals surface area contributed by atoms with Crippen molar-refractivity contribution in [2.24, 2.45) is 5.92 Å². The van der Waals surface area contributed by atoms with Crippen LogP contribution in [0.1, 0.15) is 44.9 Å². The quantitative estimate of drug-likeness (QED) is 0.781. The van der Waals surface area contributed by atoms with E-state index < -0.39 is 12.0 Å². The Bertz CT molecular complexity index is 859. The van der Waals surface area contributed by atoms with E-state index in [9.17, 15) is 18.0 Å². The second kappa shape index (κ2) is 7.21. The summed E-state index contributed by atoms with van der Waals surface area (Å²) in [6.45, 7) is 4.09. The Labute approximate surface area is 160 Å². The summed E-state index contributed by atoms with van der Waals surface area (Å²) in [5.41, 5.74) is 0.0558. The summed E-state index contributed by atoms with van der Waals surface area (Å²) < 4.78 is 39.9. The van der Waals surface area contributed by atoms with Crippen molar-refractivity contribution < 1.29 is 18.0 Å². The molecule has 4 rings (SSSR count). The van der Waals surface area contributed by atoms with Gasteiger partial charge in [-0.3, -0.25) is 4.79 Å². The summed E-state index contributed by atoms with van der Waals surface area (Å²) in [6, 6.07) is 3.42. The summed E-state index contributed by atoms with van der Waals surface area (Å²) in [4.78, 5) is 16.8. The van der Waals surface area contributed by atoms with Crippen molar-refractivity contribution >= 4 is 17.4 Å². The number of hydrogen-bond acceptors (Lipinski definition) is 5. The molecule has 0 saturated carbocycles. The summed E-state index contributed by atoms with van der Waals surface area (Å²) in [5, 5.41) is 10.8. The van der Waals surface area contributed by atoms with Crippen molar-refractivity contribution in [2.75, 3.05) is 24.5 Å². The van der Waals surface area contributed by atoms with Gasteiger partial charge in [-0.15, -0.1) is 15.3 Å². The number of carbonyl (C=O) groups is 1. The number of rotatable bonds is 2. The molecule has 0 bridgehead atoms. The lowest BCUT2D eigenvalue weighted by atomic mass is 9.93. The number of halogens is 3. The highest BCUT2D eigenvalue weighted by Gasteiger charge is 2.38. The minimum atomic E-state index is -4.62.